The Balaban J connectivity index is 2.26. The summed E-state index contributed by atoms with van der Waals surface area (Å²) in [5.41, 5.74) is 9.15. The van der Waals surface area contributed by atoms with Gasteiger partial charge in [-0.2, -0.15) is 0 Å². The molecule has 0 aromatic carbocycles. The fourth-order valence-corrected chi connectivity index (χ4v) is 1.46. The number of hydrogen-bond donors (Lipinski definition) is 0. The van der Waals surface area contributed by atoms with Gasteiger partial charge < -0.3 is 0 Å². The van der Waals surface area contributed by atoms with Crippen LogP contribution in [0, 0.1) is 5.92 Å². The summed E-state index contributed by atoms with van der Waals surface area (Å²) in [6, 6.07) is 0. The van der Waals surface area contributed by atoms with Crippen LogP contribution in [0.1, 0.15) is 32.4 Å². The first kappa shape index (κ1) is 12.5. The molecule has 0 atom stereocenters. The van der Waals surface area contributed by atoms with Gasteiger partial charge in [-0.25, -0.2) is 0 Å². The molecule has 6 heteroatoms. The number of nitrogens with zero attached hydrogens (tertiary/aromatic N) is 6. The summed E-state index contributed by atoms with van der Waals surface area (Å²) < 4.78 is 1.85. The first-order valence-electron chi connectivity index (χ1n) is 5.62. The van der Waals surface area contributed by atoms with Gasteiger partial charge in [0.25, 0.3) is 0 Å². The second-order valence-corrected chi connectivity index (χ2v) is 4.23. The van der Waals surface area contributed by atoms with E-state index in [-0.39, 0.29) is 0 Å². The van der Waals surface area contributed by atoms with Gasteiger partial charge >= 0.3 is 0 Å². The molecule has 6 nitrogen and oxygen atoms in total. The molecule has 0 unspecified atom stereocenters. The van der Waals surface area contributed by atoms with Crippen LogP contribution in [0.5, 0.6) is 0 Å². The Hall–Kier alpha value is -1.55. The summed E-state index contributed by atoms with van der Waals surface area (Å²) in [4.78, 5) is 2.71. The highest BCUT2D eigenvalue weighted by atomic mass is 15.4. The van der Waals surface area contributed by atoms with Gasteiger partial charge in [0.2, 0.25) is 0 Å². The SMILES string of the molecule is CC(C)Cc1cn(CCCCN=[N+]=[N-])nn1. The monoisotopic (exact) mass is 222 g/mol. The van der Waals surface area contributed by atoms with E-state index in [1.165, 1.54) is 0 Å². The van der Waals surface area contributed by atoms with Crippen molar-refractivity contribution in [3.63, 3.8) is 0 Å². The number of azide groups is 1. The van der Waals surface area contributed by atoms with Crippen molar-refractivity contribution in [1.29, 1.82) is 0 Å². The van der Waals surface area contributed by atoms with Gasteiger partial charge in [0, 0.05) is 24.2 Å². The lowest BCUT2D eigenvalue weighted by Gasteiger charge is -1.99. The van der Waals surface area contributed by atoms with Crippen LogP contribution >= 0.6 is 0 Å². The van der Waals surface area contributed by atoms with Crippen LogP contribution in [0.4, 0.5) is 0 Å². The molecule has 16 heavy (non-hydrogen) atoms. The zero-order valence-electron chi connectivity index (χ0n) is 9.87. The molecule has 1 aromatic heterocycles. The lowest BCUT2D eigenvalue weighted by Crippen LogP contribution is -1.99. The lowest BCUT2D eigenvalue weighted by atomic mass is 10.1. The third-order valence-electron chi connectivity index (χ3n) is 2.16. The molecular weight excluding hydrogens is 204 g/mol. The Labute approximate surface area is 95.3 Å². The van der Waals surface area contributed by atoms with E-state index in [2.05, 4.69) is 34.2 Å². The minimum Gasteiger partial charge on any atom is -0.252 e. The second kappa shape index (κ2) is 6.85. The number of aromatic nitrogens is 3. The Morgan fingerprint density at radius 3 is 3.00 bits per heavy atom. The molecule has 1 heterocycles. The zero-order chi connectivity index (χ0) is 11.8. The highest BCUT2D eigenvalue weighted by Gasteiger charge is 2.02. The first-order chi connectivity index (χ1) is 7.72. The maximum absolute atomic E-state index is 8.10. The predicted octanol–water partition coefficient (Wildman–Crippen LogP) is 2.57. The van der Waals surface area contributed by atoms with Crippen molar-refractivity contribution in [3.8, 4) is 0 Å². The Morgan fingerprint density at radius 1 is 1.50 bits per heavy atom. The molecule has 0 fully saturated rings. The quantitative estimate of drug-likeness (QED) is 0.307. The smallest absolute Gasteiger partial charge is 0.0829 e. The van der Waals surface area contributed by atoms with E-state index in [0.29, 0.717) is 12.5 Å². The molecule has 0 amide bonds. The van der Waals surface area contributed by atoms with Crippen LogP contribution in [0.25, 0.3) is 10.4 Å². The van der Waals surface area contributed by atoms with Gasteiger partial charge in [-0.3, -0.25) is 4.68 Å². The van der Waals surface area contributed by atoms with Crippen LogP contribution in [-0.4, -0.2) is 21.5 Å². The molecule has 0 bridgehead atoms. The van der Waals surface area contributed by atoms with Gasteiger partial charge in [0.05, 0.1) is 5.69 Å². The molecule has 88 valence electrons. The van der Waals surface area contributed by atoms with Crippen molar-refractivity contribution >= 4 is 0 Å². The lowest BCUT2D eigenvalue weighted by molar-refractivity contribution is 0.544. The van der Waals surface area contributed by atoms with Gasteiger partial charge in [0.1, 0.15) is 0 Å². The second-order valence-electron chi connectivity index (χ2n) is 4.23. The minimum atomic E-state index is 0.560. The Kier molecular flexibility index (Phi) is 5.36. The topological polar surface area (TPSA) is 79.5 Å². The fourth-order valence-electron chi connectivity index (χ4n) is 1.46. The minimum absolute atomic E-state index is 0.560. The van der Waals surface area contributed by atoms with E-state index in [4.69, 9.17) is 5.53 Å². The Bertz CT molecular complexity index is 350. The summed E-state index contributed by atoms with van der Waals surface area (Å²) in [7, 11) is 0. The van der Waals surface area contributed by atoms with Gasteiger partial charge in [-0.1, -0.05) is 24.2 Å². The van der Waals surface area contributed by atoms with Gasteiger partial charge in [-0.05, 0) is 30.7 Å². The molecule has 0 saturated heterocycles. The molecule has 1 aromatic rings. The summed E-state index contributed by atoms with van der Waals surface area (Å²) in [6.45, 7) is 5.73. The molecule has 0 spiro atoms. The number of unbranched alkanes of at least 4 members (excludes halogenated alkanes) is 1. The summed E-state index contributed by atoms with van der Waals surface area (Å²) >= 11 is 0. The summed E-state index contributed by atoms with van der Waals surface area (Å²) in [5, 5.41) is 11.6. The van der Waals surface area contributed by atoms with E-state index in [1.807, 2.05) is 10.9 Å². The normalized spacial score (nSPS) is 10.4. The largest absolute Gasteiger partial charge is 0.252 e. The van der Waals surface area contributed by atoms with E-state index >= 15 is 0 Å². The third kappa shape index (κ3) is 4.79. The third-order valence-corrected chi connectivity index (χ3v) is 2.16. The van der Waals surface area contributed by atoms with E-state index in [1.54, 1.807) is 0 Å². The molecular formula is C10H18N6. The zero-order valence-corrected chi connectivity index (χ0v) is 9.87. The maximum Gasteiger partial charge on any atom is 0.0829 e. The maximum atomic E-state index is 8.10. The van der Waals surface area contributed by atoms with Crippen molar-refractivity contribution in [2.24, 2.45) is 11.0 Å². The number of aryl methyl sites for hydroxylation is 1. The van der Waals surface area contributed by atoms with Gasteiger partial charge in [0.15, 0.2) is 0 Å². The number of rotatable bonds is 7. The predicted molar refractivity (Wildman–Crippen MR) is 61.8 cm³/mol. The Morgan fingerprint density at radius 2 is 2.31 bits per heavy atom. The van der Waals surface area contributed by atoms with Crippen molar-refractivity contribution in [2.45, 2.75) is 39.7 Å². The van der Waals surface area contributed by atoms with Crippen molar-refractivity contribution in [2.75, 3.05) is 6.54 Å². The van der Waals surface area contributed by atoms with Crippen molar-refractivity contribution in [3.05, 3.63) is 22.3 Å². The van der Waals surface area contributed by atoms with Crippen LogP contribution in [0.2, 0.25) is 0 Å². The standard InChI is InChI=1S/C10H18N6/c1-9(2)7-10-8-16(15-13-10)6-4-3-5-12-14-11/h8-9H,3-7H2,1-2H3. The molecule has 0 aliphatic carbocycles. The molecule has 0 radical (unpaired) electrons. The highest BCUT2D eigenvalue weighted by Crippen LogP contribution is 2.04. The van der Waals surface area contributed by atoms with Crippen LogP contribution < -0.4 is 0 Å². The van der Waals surface area contributed by atoms with Crippen LogP contribution in [-0.2, 0) is 13.0 Å². The molecule has 0 N–H and O–H groups in total. The van der Waals surface area contributed by atoms with Crippen molar-refractivity contribution < 1.29 is 0 Å². The molecule has 0 saturated carbocycles. The average Bonchev–Trinajstić information content (AvgIpc) is 2.64. The first-order valence-corrected chi connectivity index (χ1v) is 5.62. The van der Waals surface area contributed by atoms with Gasteiger partial charge in [-0.15, -0.1) is 5.10 Å². The summed E-state index contributed by atoms with van der Waals surface area (Å²) in [5.74, 6) is 0.607. The van der Waals surface area contributed by atoms with E-state index < -0.39 is 0 Å². The van der Waals surface area contributed by atoms with E-state index in [9.17, 15) is 0 Å². The number of hydrogen-bond acceptors (Lipinski definition) is 3. The van der Waals surface area contributed by atoms with E-state index in [0.717, 1.165) is 31.5 Å². The summed E-state index contributed by atoms with van der Waals surface area (Å²) in [6.07, 6.45) is 4.82. The highest BCUT2D eigenvalue weighted by molar-refractivity contribution is 4.92. The molecule has 1 rings (SSSR count). The molecule has 0 aliphatic heterocycles. The van der Waals surface area contributed by atoms with Crippen molar-refractivity contribution in [1.82, 2.24) is 15.0 Å². The average molecular weight is 222 g/mol. The van der Waals surface area contributed by atoms with Crippen LogP contribution in [0.3, 0.4) is 0 Å². The van der Waals surface area contributed by atoms with Crippen LogP contribution in [0.15, 0.2) is 11.3 Å². The molecule has 0 aliphatic rings. The fraction of sp³-hybridized carbons (Fsp3) is 0.800.